The molecule has 1 rings (SSSR count). The third-order valence-corrected chi connectivity index (χ3v) is 1.82. The molecule has 84 valence electrons. The van der Waals surface area contributed by atoms with E-state index in [0.717, 1.165) is 0 Å². The summed E-state index contributed by atoms with van der Waals surface area (Å²) >= 11 is 0. The normalized spacial score (nSPS) is 9.50. The van der Waals surface area contributed by atoms with Crippen LogP contribution in [-0.4, -0.2) is 28.8 Å². The lowest BCUT2D eigenvalue weighted by molar-refractivity contribution is 0.0677. The number of carbonyl (C=O) groups is 2. The van der Waals surface area contributed by atoms with E-state index in [9.17, 15) is 9.59 Å². The topological polar surface area (TPSA) is 83.8 Å². The molecule has 0 aliphatic carbocycles. The van der Waals surface area contributed by atoms with E-state index >= 15 is 0 Å². The van der Waals surface area contributed by atoms with Crippen molar-refractivity contribution in [3.8, 4) is 5.75 Å². The van der Waals surface area contributed by atoms with Gasteiger partial charge in [-0.3, -0.25) is 0 Å². The highest BCUT2D eigenvalue weighted by molar-refractivity contribution is 5.94. The second kappa shape index (κ2) is 4.97. The molecular weight excluding hydrogens is 212 g/mol. The molecule has 0 saturated carbocycles. The van der Waals surface area contributed by atoms with Crippen molar-refractivity contribution in [1.29, 1.82) is 0 Å². The monoisotopic (exact) mass is 222 g/mol. The van der Waals surface area contributed by atoms with Crippen molar-refractivity contribution >= 4 is 11.9 Å². The average molecular weight is 222 g/mol. The summed E-state index contributed by atoms with van der Waals surface area (Å²) in [6, 6.07) is 3.59. The molecular formula is C11H10O5. The molecule has 0 atom stereocenters. The van der Waals surface area contributed by atoms with E-state index in [1.165, 1.54) is 24.3 Å². The highest BCUT2D eigenvalue weighted by atomic mass is 16.5. The van der Waals surface area contributed by atoms with Crippen LogP contribution in [0, 0.1) is 0 Å². The lowest BCUT2D eigenvalue weighted by Crippen LogP contribution is -2.05. The van der Waals surface area contributed by atoms with E-state index in [-0.39, 0.29) is 23.5 Å². The summed E-state index contributed by atoms with van der Waals surface area (Å²) in [5.41, 5.74) is -0.101. The molecule has 0 aliphatic heterocycles. The second-order valence-corrected chi connectivity index (χ2v) is 2.92. The molecule has 0 radical (unpaired) electrons. The molecule has 0 saturated heterocycles. The van der Waals surface area contributed by atoms with Gasteiger partial charge in [0, 0.05) is 0 Å². The smallest absolute Gasteiger partial charge is 0.339 e. The summed E-state index contributed by atoms with van der Waals surface area (Å²) < 4.78 is 5.08. The Labute approximate surface area is 91.6 Å². The number of hydrogen-bond donors (Lipinski definition) is 2. The van der Waals surface area contributed by atoms with E-state index in [4.69, 9.17) is 14.9 Å². The summed E-state index contributed by atoms with van der Waals surface area (Å²) in [5, 5.41) is 17.6. The molecule has 0 spiro atoms. The van der Waals surface area contributed by atoms with Gasteiger partial charge in [0.25, 0.3) is 0 Å². The van der Waals surface area contributed by atoms with E-state index in [1.54, 1.807) is 0 Å². The molecule has 2 N–H and O–H groups in total. The number of aromatic carboxylic acids is 2. The Kier molecular flexibility index (Phi) is 3.66. The zero-order valence-corrected chi connectivity index (χ0v) is 8.34. The Morgan fingerprint density at radius 3 is 2.50 bits per heavy atom. The fourth-order valence-corrected chi connectivity index (χ4v) is 1.10. The number of carboxylic acids is 2. The summed E-state index contributed by atoms with van der Waals surface area (Å²) in [6.07, 6.45) is 1.44. The van der Waals surface area contributed by atoms with E-state index < -0.39 is 11.9 Å². The average Bonchev–Trinajstić information content (AvgIpc) is 2.25. The van der Waals surface area contributed by atoms with Crippen LogP contribution in [-0.2, 0) is 0 Å². The lowest BCUT2D eigenvalue weighted by atomic mass is 10.1. The number of rotatable bonds is 5. The third kappa shape index (κ3) is 2.60. The molecule has 0 unspecified atom stereocenters. The zero-order valence-electron chi connectivity index (χ0n) is 8.34. The van der Waals surface area contributed by atoms with Gasteiger partial charge in [-0.1, -0.05) is 12.7 Å². The quantitative estimate of drug-likeness (QED) is 0.740. The molecule has 1 aromatic rings. The van der Waals surface area contributed by atoms with E-state index in [0.29, 0.717) is 0 Å². The highest BCUT2D eigenvalue weighted by Crippen LogP contribution is 2.20. The molecule has 0 fully saturated rings. The number of carboxylic acid groups (broad SMARTS) is 2. The lowest BCUT2D eigenvalue weighted by Gasteiger charge is -2.07. The van der Waals surface area contributed by atoms with Gasteiger partial charge in [-0.2, -0.15) is 0 Å². The van der Waals surface area contributed by atoms with Gasteiger partial charge in [-0.05, 0) is 18.2 Å². The van der Waals surface area contributed by atoms with E-state index in [1.807, 2.05) is 0 Å². The Morgan fingerprint density at radius 1 is 1.31 bits per heavy atom. The zero-order chi connectivity index (χ0) is 12.1. The van der Waals surface area contributed by atoms with Crippen LogP contribution in [0.5, 0.6) is 5.75 Å². The molecule has 0 bridgehead atoms. The van der Waals surface area contributed by atoms with Crippen LogP contribution in [0.25, 0.3) is 0 Å². The number of benzene rings is 1. The minimum Gasteiger partial charge on any atom is -0.489 e. The Hall–Kier alpha value is -2.30. The maximum absolute atomic E-state index is 10.8. The molecule has 1 aromatic carbocycles. The van der Waals surface area contributed by atoms with Crippen molar-refractivity contribution in [2.45, 2.75) is 0 Å². The van der Waals surface area contributed by atoms with Gasteiger partial charge in [0.1, 0.15) is 17.9 Å². The fourth-order valence-electron chi connectivity index (χ4n) is 1.10. The third-order valence-electron chi connectivity index (χ3n) is 1.82. The predicted octanol–water partition coefficient (Wildman–Crippen LogP) is 1.65. The predicted molar refractivity (Wildman–Crippen MR) is 56.1 cm³/mol. The number of ether oxygens (including phenoxy) is 1. The first-order chi connectivity index (χ1) is 7.56. The fraction of sp³-hybridized carbons (Fsp3) is 0.0909. The van der Waals surface area contributed by atoms with Crippen molar-refractivity contribution in [2.24, 2.45) is 0 Å². The van der Waals surface area contributed by atoms with Gasteiger partial charge in [-0.25, -0.2) is 9.59 Å². The van der Waals surface area contributed by atoms with Gasteiger partial charge in [0.2, 0.25) is 0 Å². The first-order valence-electron chi connectivity index (χ1n) is 4.40. The summed E-state index contributed by atoms with van der Waals surface area (Å²) in [4.78, 5) is 21.5. The first kappa shape index (κ1) is 11.8. The maximum atomic E-state index is 10.8. The van der Waals surface area contributed by atoms with Gasteiger partial charge in [0.15, 0.2) is 0 Å². The van der Waals surface area contributed by atoms with Crippen molar-refractivity contribution in [1.82, 2.24) is 0 Å². The molecule has 0 aliphatic rings. The standard InChI is InChI=1S/C11H10O5/c1-2-5-16-9-6-7(10(12)13)3-4-8(9)11(14)15/h2-4,6H,1,5H2,(H,12,13)(H,14,15). The molecule has 0 amide bonds. The number of hydrogen-bond acceptors (Lipinski definition) is 3. The first-order valence-corrected chi connectivity index (χ1v) is 4.40. The van der Waals surface area contributed by atoms with Gasteiger partial charge in [0.05, 0.1) is 5.56 Å². The van der Waals surface area contributed by atoms with Crippen molar-refractivity contribution in [2.75, 3.05) is 6.61 Å². The minimum absolute atomic E-state index is 0.0206. The summed E-state index contributed by atoms with van der Waals surface area (Å²) in [5.74, 6) is -2.29. The van der Waals surface area contributed by atoms with E-state index in [2.05, 4.69) is 6.58 Å². The van der Waals surface area contributed by atoms with Gasteiger partial charge >= 0.3 is 11.9 Å². The highest BCUT2D eigenvalue weighted by Gasteiger charge is 2.14. The van der Waals surface area contributed by atoms with Crippen LogP contribution < -0.4 is 4.74 Å². The van der Waals surface area contributed by atoms with Crippen LogP contribution in [0.15, 0.2) is 30.9 Å². The largest absolute Gasteiger partial charge is 0.489 e. The molecule has 5 heteroatoms. The van der Waals surface area contributed by atoms with Crippen LogP contribution in [0.3, 0.4) is 0 Å². The van der Waals surface area contributed by atoms with Crippen LogP contribution in [0.1, 0.15) is 20.7 Å². The van der Waals surface area contributed by atoms with Crippen molar-refractivity contribution < 1.29 is 24.5 Å². The molecule has 16 heavy (non-hydrogen) atoms. The molecule has 0 aromatic heterocycles. The van der Waals surface area contributed by atoms with Crippen LogP contribution in [0.2, 0.25) is 0 Å². The molecule has 5 nitrogen and oxygen atoms in total. The van der Waals surface area contributed by atoms with Crippen molar-refractivity contribution in [3.63, 3.8) is 0 Å². The summed E-state index contributed by atoms with van der Waals surface area (Å²) in [6.45, 7) is 3.53. The Bertz CT molecular complexity index is 436. The molecule has 0 heterocycles. The maximum Gasteiger partial charge on any atom is 0.339 e. The SMILES string of the molecule is C=CCOc1cc(C(=O)O)ccc1C(=O)O. The second-order valence-electron chi connectivity index (χ2n) is 2.92. The van der Waals surface area contributed by atoms with Crippen LogP contribution in [0.4, 0.5) is 0 Å². The minimum atomic E-state index is -1.17. The van der Waals surface area contributed by atoms with Gasteiger partial charge in [-0.15, -0.1) is 0 Å². The van der Waals surface area contributed by atoms with Gasteiger partial charge < -0.3 is 14.9 Å². The Morgan fingerprint density at radius 2 is 2.00 bits per heavy atom. The van der Waals surface area contributed by atoms with Crippen molar-refractivity contribution in [3.05, 3.63) is 42.0 Å². The van der Waals surface area contributed by atoms with Crippen LogP contribution >= 0.6 is 0 Å². The summed E-state index contributed by atoms with van der Waals surface area (Å²) in [7, 11) is 0. The Balaban J connectivity index is 3.15.